The molecule has 2 rings (SSSR count). The standard InChI is InChI=1S/C19H25N3O3/c1-5-25-19(24)17(21-20-15-10-11-15)18(23)16(12-22(3)4)14-8-6-13(2)7-9-14/h6-9,12,15,20H,5,10-11H2,1-4H3. The van der Waals surface area contributed by atoms with Crippen molar-refractivity contribution in [3.05, 3.63) is 41.6 Å². The summed E-state index contributed by atoms with van der Waals surface area (Å²) < 4.78 is 5.02. The van der Waals surface area contributed by atoms with Gasteiger partial charge in [0.1, 0.15) is 0 Å². The van der Waals surface area contributed by atoms with Crippen LogP contribution in [0.1, 0.15) is 30.9 Å². The van der Waals surface area contributed by atoms with Gasteiger partial charge in [0.15, 0.2) is 0 Å². The van der Waals surface area contributed by atoms with E-state index < -0.39 is 11.8 Å². The van der Waals surface area contributed by atoms with Gasteiger partial charge in [0.05, 0.1) is 6.61 Å². The van der Waals surface area contributed by atoms with E-state index in [0.717, 1.165) is 24.0 Å². The summed E-state index contributed by atoms with van der Waals surface area (Å²) in [6.45, 7) is 3.86. The Kier molecular flexibility index (Phi) is 6.33. The third-order valence-corrected chi connectivity index (χ3v) is 3.61. The van der Waals surface area contributed by atoms with Crippen LogP contribution in [0.4, 0.5) is 0 Å². The van der Waals surface area contributed by atoms with E-state index in [2.05, 4.69) is 10.5 Å². The van der Waals surface area contributed by atoms with Crippen molar-refractivity contribution in [1.29, 1.82) is 0 Å². The lowest BCUT2D eigenvalue weighted by atomic mass is 9.98. The van der Waals surface area contributed by atoms with Gasteiger partial charge in [-0.1, -0.05) is 29.8 Å². The van der Waals surface area contributed by atoms with E-state index in [1.54, 1.807) is 18.0 Å². The number of carbonyl (C=O) groups excluding carboxylic acids is 2. The van der Waals surface area contributed by atoms with Crippen molar-refractivity contribution in [3.8, 4) is 0 Å². The molecular weight excluding hydrogens is 318 g/mol. The van der Waals surface area contributed by atoms with Crippen LogP contribution < -0.4 is 5.43 Å². The highest BCUT2D eigenvalue weighted by atomic mass is 16.5. The second-order valence-corrected chi connectivity index (χ2v) is 6.29. The lowest BCUT2D eigenvalue weighted by Gasteiger charge is -2.13. The summed E-state index contributed by atoms with van der Waals surface area (Å²) in [7, 11) is 3.65. The number of aryl methyl sites for hydroxylation is 1. The third-order valence-electron chi connectivity index (χ3n) is 3.61. The number of ether oxygens (including phenoxy) is 1. The molecule has 6 heteroatoms. The summed E-state index contributed by atoms with van der Waals surface area (Å²) in [5.74, 6) is -1.17. The van der Waals surface area contributed by atoms with Gasteiger partial charge in [0.25, 0.3) is 0 Å². The van der Waals surface area contributed by atoms with Crippen LogP contribution in [0, 0.1) is 6.92 Å². The van der Waals surface area contributed by atoms with Gasteiger partial charge in [-0.25, -0.2) is 4.79 Å². The van der Waals surface area contributed by atoms with Crippen molar-refractivity contribution < 1.29 is 14.3 Å². The Hall–Kier alpha value is -2.63. The van der Waals surface area contributed by atoms with Gasteiger partial charge in [-0.3, -0.25) is 4.79 Å². The maximum absolute atomic E-state index is 13.0. The van der Waals surface area contributed by atoms with Crippen molar-refractivity contribution >= 4 is 23.0 Å². The number of rotatable bonds is 8. The molecule has 1 aromatic carbocycles. The maximum atomic E-state index is 13.0. The molecule has 1 saturated carbocycles. The minimum absolute atomic E-state index is 0.186. The van der Waals surface area contributed by atoms with E-state index >= 15 is 0 Å². The molecule has 0 heterocycles. The molecule has 1 fully saturated rings. The molecule has 6 nitrogen and oxygen atoms in total. The molecule has 0 aliphatic heterocycles. The van der Waals surface area contributed by atoms with Crippen molar-refractivity contribution in [3.63, 3.8) is 0 Å². The van der Waals surface area contributed by atoms with Crippen molar-refractivity contribution in [2.45, 2.75) is 32.7 Å². The van der Waals surface area contributed by atoms with Gasteiger partial charge in [-0.05, 0) is 32.3 Å². The summed E-state index contributed by atoms with van der Waals surface area (Å²) in [6, 6.07) is 7.81. The molecule has 1 N–H and O–H groups in total. The monoisotopic (exact) mass is 343 g/mol. The van der Waals surface area contributed by atoms with Crippen LogP contribution in [0.25, 0.3) is 5.57 Å². The summed E-state index contributed by atoms with van der Waals surface area (Å²) in [6.07, 6.45) is 3.68. The number of hydrogen-bond donors (Lipinski definition) is 1. The fraction of sp³-hybridized carbons (Fsp3) is 0.421. The Morgan fingerprint density at radius 1 is 1.28 bits per heavy atom. The first kappa shape index (κ1) is 18.7. The number of hydrazone groups is 1. The number of carbonyl (C=O) groups is 2. The first-order valence-corrected chi connectivity index (χ1v) is 8.42. The molecule has 0 amide bonds. The highest BCUT2D eigenvalue weighted by Crippen LogP contribution is 2.20. The molecule has 0 radical (unpaired) electrons. The van der Waals surface area contributed by atoms with Crippen LogP contribution in [0.3, 0.4) is 0 Å². The molecule has 1 aromatic rings. The zero-order valence-corrected chi connectivity index (χ0v) is 15.2. The predicted octanol–water partition coefficient (Wildman–Crippen LogP) is 2.14. The Morgan fingerprint density at radius 2 is 1.92 bits per heavy atom. The minimum atomic E-state index is -0.711. The van der Waals surface area contributed by atoms with Crippen molar-refractivity contribution in [2.24, 2.45) is 5.10 Å². The number of ketones is 1. The zero-order chi connectivity index (χ0) is 18.4. The van der Waals surface area contributed by atoms with E-state index in [0.29, 0.717) is 5.57 Å². The molecule has 0 unspecified atom stereocenters. The Morgan fingerprint density at radius 3 is 2.44 bits per heavy atom. The molecule has 1 aliphatic carbocycles. The summed E-state index contributed by atoms with van der Waals surface area (Å²) >= 11 is 0. The second-order valence-electron chi connectivity index (χ2n) is 6.29. The number of nitrogens with one attached hydrogen (secondary N) is 1. The first-order chi connectivity index (χ1) is 11.9. The topological polar surface area (TPSA) is 71.0 Å². The molecular formula is C19H25N3O3. The molecule has 1 aliphatic rings. The number of allylic oxidation sites excluding steroid dienone is 1. The van der Waals surface area contributed by atoms with Gasteiger partial charge in [-0.15, -0.1) is 0 Å². The number of hydrogen-bond acceptors (Lipinski definition) is 6. The lowest BCUT2D eigenvalue weighted by molar-refractivity contribution is -0.135. The van der Waals surface area contributed by atoms with E-state index in [4.69, 9.17) is 4.74 Å². The largest absolute Gasteiger partial charge is 0.461 e. The average Bonchev–Trinajstić information content (AvgIpc) is 3.38. The van der Waals surface area contributed by atoms with Crippen molar-refractivity contribution in [1.82, 2.24) is 10.3 Å². The molecule has 134 valence electrons. The quantitative estimate of drug-likeness (QED) is 0.257. The van der Waals surface area contributed by atoms with Crippen LogP contribution in [0.5, 0.6) is 0 Å². The second kappa shape index (κ2) is 8.46. The van der Waals surface area contributed by atoms with Crippen LogP contribution in [-0.2, 0) is 14.3 Å². The Balaban J connectivity index is 2.37. The molecule has 0 aromatic heterocycles. The van der Waals surface area contributed by atoms with Crippen LogP contribution in [-0.4, -0.2) is 49.1 Å². The minimum Gasteiger partial charge on any atom is -0.461 e. The maximum Gasteiger partial charge on any atom is 0.362 e. The normalized spacial score (nSPS) is 14.9. The SMILES string of the molecule is CCOC(=O)C(=NNC1CC1)C(=O)C(=CN(C)C)c1ccc(C)cc1. The van der Waals surface area contributed by atoms with Crippen LogP contribution in [0.15, 0.2) is 35.6 Å². The summed E-state index contributed by atoms with van der Waals surface area (Å²) in [5, 5.41) is 4.06. The number of nitrogens with zero attached hydrogens (tertiary/aromatic N) is 2. The highest BCUT2D eigenvalue weighted by Gasteiger charge is 2.28. The average molecular weight is 343 g/mol. The van der Waals surface area contributed by atoms with E-state index in [9.17, 15) is 9.59 Å². The molecule has 0 atom stereocenters. The van der Waals surface area contributed by atoms with E-state index in [1.165, 1.54) is 0 Å². The smallest absolute Gasteiger partial charge is 0.362 e. The fourth-order valence-corrected chi connectivity index (χ4v) is 2.14. The number of Topliss-reactive ketones (excluding diaryl/α,β-unsaturated/α-hetero) is 1. The van der Waals surface area contributed by atoms with Gasteiger partial charge in [-0.2, -0.15) is 5.10 Å². The Bertz CT molecular complexity index is 686. The zero-order valence-electron chi connectivity index (χ0n) is 15.2. The van der Waals surface area contributed by atoms with Gasteiger partial charge >= 0.3 is 5.97 Å². The Labute approximate surface area is 148 Å². The van der Waals surface area contributed by atoms with Gasteiger partial charge in [0.2, 0.25) is 11.5 Å². The molecule has 0 spiro atoms. The first-order valence-electron chi connectivity index (χ1n) is 8.42. The fourth-order valence-electron chi connectivity index (χ4n) is 2.14. The number of benzene rings is 1. The predicted molar refractivity (Wildman–Crippen MR) is 98.1 cm³/mol. The summed E-state index contributed by atoms with van der Waals surface area (Å²) in [4.78, 5) is 27.1. The molecule has 0 bridgehead atoms. The third kappa shape index (κ3) is 5.45. The molecule has 0 saturated heterocycles. The van der Waals surface area contributed by atoms with Gasteiger partial charge < -0.3 is 15.1 Å². The van der Waals surface area contributed by atoms with Crippen molar-refractivity contribution in [2.75, 3.05) is 20.7 Å². The van der Waals surface area contributed by atoms with E-state index in [1.807, 2.05) is 45.3 Å². The van der Waals surface area contributed by atoms with Gasteiger partial charge in [0, 0.05) is 31.9 Å². The molecule has 25 heavy (non-hydrogen) atoms. The lowest BCUT2D eigenvalue weighted by Crippen LogP contribution is -2.30. The van der Waals surface area contributed by atoms with Crippen LogP contribution >= 0.6 is 0 Å². The summed E-state index contributed by atoms with van der Waals surface area (Å²) in [5.41, 5.74) is 4.87. The van der Waals surface area contributed by atoms with Crippen LogP contribution in [0.2, 0.25) is 0 Å². The number of esters is 1. The highest BCUT2D eigenvalue weighted by molar-refractivity contribution is 6.72. The van der Waals surface area contributed by atoms with E-state index in [-0.39, 0.29) is 18.4 Å².